The Balaban J connectivity index is -0.000000845. The zero-order valence-electron chi connectivity index (χ0n) is 7.31. The Morgan fingerprint density at radius 1 is 0.750 bits per heavy atom. The zero-order valence-corrected chi connectivity index (χ0v) is 9.77. The summed E-state index contributed by atoms with van der Waals surface area (Å²) in [6.45, 7) is 0. The summed E-state index contributed by atoms with van der Waals surface area (Å²) >= 11 is 0. The average molecular weight is 341 g/mol. The first-order valence-electron chi connectivity index (χ1n) is 3.47. The number of rotatable bonds is 5. The predicted molar refractivity (Wildman–Crippen MR) is 46.4 cm³/mol. The van der Waals surface area contributed by atoms with Crippen LogP contribution in [-0.4, -0.2) is 118 Å². The summed E-state index contributed by atoms with van der Waals surface area (Å²) in [5.74, 6) is -3.68. The maximum atomic E-state index is 10.1. The van der Waals surface area contributed by atoms with Crippen LogP contribution in [0.2, 0.25) is 0 Å². The van der Waals surface area contributed by atoms with E-state index >= 15 is 0 Å². The molecule has 0 rings (SSSR count). The van der Waals surface area contributed by atoms with Crippen molar-refractivity contribution >= 4 is 63.3 Å². The van der Waals surface area contributed by atoms with Gasteiger partial charge in [0.15, 0.2) is 12.2 Å². The number of carbonyl (C=O) groups is 2. The van der Waals surface area contributed by atoms with Gasteiger partial charge in [0.25, 0.3) is 0 Å². The van der Waals surface area contributed by atoms with Gasteiger partial charge in [0, 0.05) is 26.2 Å². The van der Waals surface area contributed by atoms with Crippen molar-refractivity contribution in [3.8, 4) is 0 Å². The molecule has 0 aromatic rings. The molecule has 0 amide bonds. The smallest absolute Gasteiger partial charge is 0 e. The van der Waals surface area contributed by atoms with E-state index < -0.39 is 36.4 Å². The number of aliphatic hydroxyl groups is 4. The maximum absolute atomic E-state index is 10.1. The van der Waals surface area contributed by atoms with E-state index in [4.69, 9.17) is 30.6 Å². The van der Waals surface area contributed by atoms with Crippen molar-refractivity contribution in [1.82, 2.24) is 0 Å². The summed E-state index contributed by atoms with van der Waals surface area (Å²) in [7, 11) is 0. The fourth-order valence-electron chi connectivity index (χ4n) is 0.666. The molecule has 0 aromatic carbocycles. The van der Waals surface area contributed by atoms with E-state index in [-0.39, 0.29) is 77.6 Å². The molecule has 10 heteroatoms. The van der Waals surface area contributed by atoms with Gasteiger partial charge in [-0.15, -0.1) is 0 Å². The molecule has 6 N–H and O–H groups in total. The van der Waals surface area contributed by atoms with Gasteiger partial charge in [-0.25, -0.2) is 9.59 Å². The standard InChI is InChI=1S/C6H10O8.K.Zr.H/c7-1(3(9)5(11)12)2(8)4(10)6(13)14;;;/h1-4,7-10H,(H,11,12)(H,13,14);;;/t1-,2-,3-,4+;;;/m0.../s1. The van der Waals surface area contributed by atoms with Crippen molar-refractivity contribution in [3.05, 3.63) is 0 Å². The third kappa shape index (κ3) is 6.90. The largest absolute Gasteiger partial charge is 0 e. The minimum Gasteiger partial charge on any atom is 0 e. The molecule has 0 spiro atoms. The normalized spacial score (nSPS) is 17.0. The topological polar surface area (TPSA) is 156 Å². The molecule has 0 saturated carbocycles. The Kier molecular flexibility index (Phi) is 14.4. The van der Waals surface area contributed by atoms with Crippen molar-refractivity contribution in [3.63, 3.8) is 0 Å². The van der Waals surface area contributed by atoms with Crippen molar-refractivity contribution < 1.29 is 66.4 Å². The van der Waals surface area contributed by atoms with Crippen LogP contribution in [0.25, 0.3) is 0 Å². The second-order valence-corrected chi connectivity index (χ2v) is 2.55. The Morgan fingerprint density at radius 2 is 0.938 bits per heavy atom. The van der Waals surface area contributed by atoms with Crippen molar-refractivity contribution in [1.29, 1.82) is 0 Å². The molecule has 0 heterocycles. The Bertz CT molecular complexity index is 213. The third-order valence-electron chi connectivity index (χ3n) is 1.50. The van der Waals surface area contributed by atoms with Gasteiger partial charge < -0.3 is 30.6 Å². The van der Waals surface area contributed by atoms with Crippen LogP contribution in [0.4, 0.5) is 0 Å². The molecule has 0 fully saturated rings. The molecule has 0 saturated heterocycles. The van der Waals surface area contributed by atoms with E-state index in [9.17, 15) is 9.59 Å². The minimum atomic E-state index is -2.36. The van der Waals surface area contributed by atoms with E-state index in [0.29, 0.717) is 0 Å². The minimum absolute atomic E-state index is 0. The molecule has 0 aromatic heterocycles. The van der Waals surface area contributed by atoms with Gasteiger partial charge in [0.2, 0.25) is 0 Å². The second kappa shape index (κ2) is 10.2. The number of carboxylic acid groups (broad SMARTS) is 2. The van der Waals surface area contributed by atoms with Crippen LogP contribution in [0, 0.1) is 0 Å². The fourth-order valence-corrected chi connectivity index (χ4v) is 0.666. The van der Waals surface area contributed by atoms with Crippen LogP contribution in [0.1, 0.15) is 0 Å². The summed E-state index contributed by atoms with van der Waals surface area (Å²) in [6, 6.07) is 0. The molecule has 8 nitrogen and oxygen atoms in total. The van der Waals surface area contributed by atoms with Gasteiger partial charge in [-0.1, -0.05) is 0 Å². The van der Waals surface area contributed by atoms with Gasteiger partial charge in [0.05, 0.1) is 0 Å². The van der Waals surface area contributed by atoms with Crippen molar-refractivity contribution in [2.24, 2.45) is 0 Å². The van der Waals surface area contributed by atoms with Gasteiger partial charge in [-0.2, -0.15) is 0 Å². The molecule has 0 unspecified atom stereocenters. The van der Waals surface area contributed by atoms with Crippen LogP contribution in [-0.2, 0) is 35.8 Å². The summed E-state index contributed by atoms with van der Waals surface area (Å²) in [6.07, 6.45) is -9.28. The molecule has 4 atom stereocenters. The number of aliphatic carboxylic acids is 2. The van der Waals surface area contributed by atoms with E-state index in [1.54, 1.807) is 0 Å². The van der Waals surface area contributed by atoms with Crippen LogP contribution >= 0.6 is 0 Å². The molecule has 0 aliphatic carbocycles. The van der Waals surface area contributed by atoms with Crippen LogP contribution < -0.4 is 0 Å². The van der Waals surface area contributed by atoms with Crippen LogP contribution in [0.15, 0.2) is 0 Å². The van der Waals surface area contributed by atoms with Crippen LogP contribution in [0.5, 0.6) is 0 Å². The van der Waals surface area contributed by atoms with E-state index in [1.165, 1.54) is 0 Å². The quantitative estimate of drug-likeness (QED) is 0.276. The number of hydrogen-bond donors (Lipinski definition) is 6. The fraction of sp³-hybridized carbons (Fsp3) is 0.667. The van der Waals surface area contributed by atoms with E-state index in [1.807, 2.05) is 0 Å². The summed E-state index contributed by atoms with van der Waals surface area (Å²) in [5, 5.41) is 51.5. The molecule has 88 valence electrons. The number of carboxylic acids is 2. The van der Waals surface area contributed by atoms with Gasteiger partial charge in [-0.05, 0) is 0 Å². The Morgan fingerprint density at radius 3 is 1.06 bits per heavy atom. The number of aliphatic hydroxyl groups excluding tert-OH is 4. The second-order valence-electron chi connectivity index (χ2n) is 2.55. The Hall–Kier alpha value is 1.30. The first kappa shape index (κ1) is 22.5. The molecule has 0 bridgehead atoms. The number of hydrogen-bond acceptors (Lipinski definition) is 6. The third-order valence-corrected chi connectivity index (χ3v) is 1.50. The van der Waals surface area contributed by atoms with Crippen molar-refractivity contribution in [2.45, 2.75) is 24.4 Å². The van der Waals surface area contributed by atoms with E-state index in [0.717, 1.165) is 0 Å². The van der Waals surface area contributed by atoms with Crippen LogP contribution in [0.3, 0.4) is 0 Å². The zero-order chi connectivity index (χ0) is 11.5. The molecule has 0 radical (unpaired) electrons. The average Bonchev–Trinajstić information content (AvgIpc) is 2.12. The first-order valence-corrected chi connectivity index (χ1v) is 3.47. The van der Waals surface area contributed by atoms with Crippen molar-refractivity contribution in [2.75, 3.05) is 0 Å². The summed E-state index contributed by atoms with van der Waals surface area (Å²) in [4.78, 5) is 20.2. The van der Waals surface area contributed by atoms with Gasteiger partial charge in [0.1, 0.15) is 12.2 Å². The van der Waals surface area contributed by atoms with E-state index in [2.05, 4.69) is 0 Å². The molecular formula is C6H11KO8Zr. The maximum Gasteiger partial charge on any atom is 0 e. The monoisotopic (exact) mass is 340 g/mol. The summed E-state index contributed by atoms with van der Waals surface area (Å²) < 4.78 is 0. The first-order chi connectivity index (χ1) is 6.29. The molecule has 0 aliphatic heterocycles. The van der Waals surface area contributed by atoms with Gasteiger partial charge in [-0.3, -0.25) is 0 Å². The molecule has 16 heavy (non-hydrogen) atoms. The Labute approximate surface area is 152 Å². The SMILES string of the molecule is O=C(O)[C@@H](O)[C@@H](O)[C@H](O)[C@@H](O)C(=O)O.[KH].[Zr]. The molecular weight excluding hydrogens is 330 g/mol. The summed E-state index contributed by atoms with van der Waals surface area (Å²) in [5.41, 5.74) is 0. The predicted octanol–water partition coefficient (Wildman–Crippen LogP) is -4.05. The van der Waals surface area contributed by atoms with Gasteiger partial charge >= 0.3 is 63.3 Å². The molecule has 0 aliphatic rings.